The number of methoxy groups -OCH3 is 1. The standard InChI is InChI=1S/C21H22N4O3S/c1-28-15-10-8-14(9-11-15)22-21(27)24-19(26)13-25-12-4-6-17(25)20-23-16-5-2-3-7-18(16)29-20/h2-3,5,7-11,17H,4,6,12-13H2,1H3,(H2,22,24,26,27). The number of carbonyl (C=O) groups is 2. The summed E-state index contributed by atoms with van der Waals surface area (Å²) in [5.74, 6) is 0.367. The predicted octanol–water partition coefficient (Wildman–Crippen LogP) is 3.79. The lowest BCUT2D eigenvalue weighted by Crippen LogP contribution is -2.41. The summed E-state index contributed by atoms with van der Waals surface area (Å²) in [5.41, 5.74) is 1.58. The van der Waals surface area contributed by atoms with Crippen molar-refractivity contribution in [2.24, 2.45) is 0 Å². The Labute approximate surface area is 172 Å². The number of anilines is 1. The van der Waals surface area contributed by atoms with Crippen LogP contribution in [0.4, 0.5) is 10.5 Å². The molecule has 1 fully saturated rings. The number of hydrogen-bond donors (Lipinski definition) is 2. The second-order valence-electron chi connectivity index (χ2n) is 6.88. The molecule has 1 unspecified atom stereocenters. The largest absolute Gasteiger partial charge is 0.497 e. The number of fused-ring (bicyclic) bond motifs is 1. The van der Waals surface area contributed by atoms with E-state index >= 15 is 0 Å². The lowest BCUT2D eigenvalue weighted by atomic mass is 10.2. The highest BCUT2D eigenvalue weighted by molar-refractivity contribution is 7.18. The summed E-state index contributed by atoms with van der Waals surface area (Å²) in [5, 5.41) is 6.09. The lowest BCUT2D eigenvalue weighted by molar-refractivity contribution is -0.121. The number of aromatic nitrogens is 1. The molecule has 1 atom stereocenters. The number of nitrogens with one attached hydrogen (secondary N) is 2. The number of amides is 3. The molecule has 7 nitrogen and oxygen atoms in total. The van der Waals surface area contributed by atoms with E-state index in [0.29, 0.717) is 11.4 Å². The fourth-order valence-electron chi connectivity index (χ4n) is 3.51. The SMILES string of the molecule is COc1ccc(NC(=O)NC(=O)CN2CCCC2c2nc3ccccc3s2)cc1. The van der Waals surface area contributed by atoms with Gasteiger partial charge in [-0.1, -0.05) is 12.1 Å². The molecular formula is C21H22N4O3S. The van der Waals surface area contributed by atoms with Gasteiger partial charge in [0.1, 0.15) is 10.8 Å². The number of imide groups is 1. The summed E-state index contributed by atoms with van der Waals surface area (Å²) in [7, 11) is 1.58. The fourth-order valence-corrected chi connectivity index (χ4v) is 4.65. The fraction of sp³-hybridized carbons (Fsp3) is 0.286. The van der Waals surface area contributed by atoms with E-state index in [1.54, 1.807) is 42.7 Å². The highest BCUT2D eigenvalue weighted by Crippen LogP contribution is 2.36. The van der Waals surface area contributed by atoms with E-state index < -0.39 is 6.03 Å². The molecule has 1 aliphatic rings. The van der Waals surface area contributed by atoms with Crippen LogP contribution in [0.15, 0.2) is 48.5 Å². The van der Waals surface area contributed by atoms with Crippen LogP contribution in [-0.2, 0) is 4.79 Å². The average Bonchev–Trinajstić information content (AvgIpc) is 3.34. The Morgan fingerprint density at radius 3 is 2.76 bits per heavy atom. The molecule has 4 rings (SSSR count). The van der Waals surface area contributed by atoms with Gasteiger partial charge in [-0.05, 0) is 55.8 Å². The Morgan fingerprint density at radius 1 is 1.21 bits per heavy atom. The molecule has 2 N–H and O–H groups in total. The molecule has 0 spiro atoms. The van der Waals surface area contributed by atoms with Gasteiger partial charge in [-0.25, -0.2) is 9.78 Å². The third-order valence-electron chi connectivity index (χ3n) is 4.91. The molecule has 0 saturated carbocycles. The van der Waals surface area contributed by atoms with Gasteiger partial charge in [-0.15, -0.1) is 11.3 Å². The first-order valence-electron chi connectivity index (χ1n) is 9.47. The number of para-hydroxylation sites is 1. The van der Waals surface area contributed by atoms with Gasteiger partial charge in [0.25, 0.3) is 0 Å². The molecule has 0 radical (unpaired) electrons. The maximum Gasteiger partial charge on any atom is 0.325 e. The number of likely N-dealkylation sites (tertiary alicyclic amines) is 1. The van der Waals surface area contributed by atoms with Crippen LogP contribution in [0.1, 0.15) is 23.9 Å². The van der Waals surface area contributed by atoms with Crippen LogP contribution in [0, 0.1) is 0 Å². The van der Waals surface area contributed by atoms with Gasteiger partial charge >= 0.3 is 6.03 Å². The van der Waals surface area contributed by atoms with Crippen LogP contribution in [0.2, 0.25) is 0 Å². The van der Waals surface area contributed by atoms with Crippen LogP contribution in [0.5, 0.6) is 5.75 Å². The number of nitrogens with zero attached hydrogens (tertiary/aromatic N) is 2. The van der Waals surface area contributed by atoms with Crippen molar-refractivity contribution in [1.29, 1.82) is 0 Å². The van der Waals surface area contributed by atoms with E-state index in [9.17, 15) is 9.59 Å². The van der Waals surface area contributed by atoms with Crippen molar-refractivity contribution in [3.63, 3.8) is 0 Å². The van der Waals surface area contributed by atoms with E-state index in [1.165, 1.54) is 0 Å². The maximum absolute atomic E-state index is 12.4. The smallest absolute Gasteiger partial charge is 0.325 e. The van der Waals surface area contributed by atoms with Crippen LogP contribution in [0.3, 0.4) is 0 Å². The molecule has 0 bridgehead atoms. The topological polar surface area (TPSA) is 83.6 Å². The maximum atomic E-state index is 12.4. The Kier molecular flexibility index (Phi) is 5.73. The highest BCUT2D eigenvalue weighted by atomic mass is 32.1. The van der Waals surface area contributed by atoms with Gasteiger partial charge in [-0.3, -0.25) is 15.0 Å². The first kappa shape index (κ1) is 19.4. The van der Waals surface area contributed by atoms with Crippen molar-refractivity contribution in [2.75, 3.05) is 25.5 Å². The zero-order valence-corrected chi connectivity index (χ0v) is 16.9. The number of carbonyl (C=O) groups excluding carboxylic acids is 2. The molecule has 1 saturated heterocycles. The van der Waals surface area contributed by atoms with Gasteiger partial charge in [0.05, 0.1) is 29.9 Å². The Morgan fingerprint density at radius 2 is 2.00 bits per heavy atom. The van der Waals surface area contributed by atoms with Gasteiger partial charge < -0.3 is 10.1 Å². The molecule has 2 aromatic carbocycles. The van der Waals surface area contributed by atoms with Crippen molar-refractivity contribution in [3.05, 3.63) is 53.5 Å². The molecule has 3 amide bonds. The van der Waals surface area contributed by atoms with E-state index in [4.69, 9.17) is 9.72 Å². The number of benzene rings is 2. The second kappa shape index (κ2) is 8.59. The first-order valence-corrected chi connectivity index (χ1v) is 10.3. The lowest BCUT2D eigenvalue weighted by Gasteiger charge is -2.21. The van der Waals surface area contributed by atoms with Gasteiger partial charge in [0.15, 0.2) is 0 Å². The summed E-state index contributed by atoms with van der Waals surface area (Å²) in [6.07, 6.45) is 1.97. The molecule has 29 heavy (non-hydrogen) atoms. The minimum atomic E-state index is -0.545. The number of hydrogen-bond acceptors (Lipinski definition) is 6. The zero-order chi connectivity index (χ0) is 20.2. The van der Waals surface area contributed by atoms with Gasteiger partial charge in [0.2, 0.25) is 5.91 Å². The van der Waals surface area contributed by atoms with E-state index in [2.05, 4.69) is 21.6 Å². The number of rotatable bonds is 5. The van der Waals surface area contributed by atoms with Crippen molar-refractivity contribution >= 4 is 39.2 Å². The molecule has 8 heteroatoms. The Balaban J connectivity index is 1.34. The zero-order valence-electron chi connectivity index (χ0n) is 16.1. The minimum Gasteiger partial charge on any atom is -0.497 e. The van der Waals surface area contributed by atoms with E-state index in [1.807, 2.05) is 18.2 Å². The molecular weight excluding hydrogens is 388 g/mol. The van der Waals surface area contributed by atoms with Crippen LogP contribution in [0.25, 0.3) is 10.2 Å². The monoisotopic (exact) mass is 410 g/mol. The molecule has 3 aromatic rings. The number of ether oxygens (including phenoxy) is 1. The van der Waals surface area contributed by atoms with Crippen molar-refractivity contribution in [1.82, 2.24) is 15.2 Å². The summed E-state index contributed by atoms with van der Waals surface area (Å²) in [6, 6.07) is 14.5. The Hall–Kier alpha value is -2.97. The third kappa shape index (κ3) is 4.55. The molecule has 1 aromatic heterocycles. The summed E-state index contributed by atoms with van der Waals surface area (Å²) in [6.45, 7) is 0.977. The third-order valence-corrected chi connectivity index (χ3v) is 6.04. The van der Waals surface area contributed by atoms with Crippen LogP contribution in [-0.4, -0.2) is 42.0 Å². The van der Waals surface area contributed by atoms with Gasteiger partial charge in [0, 0.05) is 5.69 Å². The van der Waals surface area contributed by atoms with Crippen LogP contribution < -0.4 is 15.4 Å². The molecule has 2 heterocycles. The quantitative estimate of drug-likeness (QED) is 0.669. The molecule has 0 aliphatic carbocycles. The average molecular weight is 410 g/mol. The van der Waals surface area contributed by atoms with Crippen LogP contribution >= 0.6 is 11.3 Å². The van der Waals surface area contributed by atoms with Crippen molar-refractivity contribution in [3.8, 4) is 5.75 Å². The minimum absolute atomic E-state index is 0.114. The highest BCUT2D eigenvalue weighted by Gasteiger charge is 2.30. The predicted molar refractivity (Wildman–Crippen MR) is 113 cm³/mol. The van der Waals surface area contributed by atoms with Crippen molar-refractivity contribution < 1.29 is 14.3 Å². The van der Waals surface area contributed by atoms with Gasteiger partial charge in [-0.2, -0.15) is 0 Å². The summed E-state index contributed by atoms with van der Waals surface area (Å²) in [4.78, 5) is 31.3. The Bertz CT molecular complexity index is 985. The number of urea groups is 1. The molecule has 150 valence electrons. The summed E-state index contributed by atoms with van der Waals surface area (Å²) < 4.78 is 6.24. The number of thiazole rings is 1. The first-order chi connectivity index (χ1) is 14.1. The summed E-state index contributed by atoms with van der Waals surface area (Å²) >= 11 is 1.67. The van der Waals surface area contributed by atoms with E-state index in [-0.39, 0.29) is 18.5 Å². The molecule has 1 aliphatic heterocycles. The second-order valence-corrected chi connectivity index (χ2v) is 7.94. The normalized spacial score (nSPS) is 16.7. The van der Waals surface area contributed by atoms with E-state index in [0.717, 1.165) is 34.6 Å². The van der Waals surface area contributed by atoms with Crippen molar-refractivity contribution in [2.45, 2.75) is 18.9 Å².